The van der Waals surface area contributed by atoms with Crippen LogP contribution in [0, 0.1) is 0 Å². The van der Waals surface area contributed by atoms with E-state index in [4.69, 9.17) is 0 Å². The minimum absolute atomic E-state index is 0. The topological polar surface area (TPSA) is 87.3 Å². The molecule has 1 aliphatic rings. The van der Waals surface area contributed by atoms with E-state index in [2.05, 4.69) is 15.4 Å². The molecule has 1 aromatic heterocycles. The van der Waals surface area contributed by atoms with Gasteiger partial charge >= 0.3 is 0 Å². The van der Waals surface area contributed by atoms with Crippen molar-refractivity contribution in [2.24, 2.45) is 0 Å². The quantitative estimate of drug-likeness (QED) is 0.674. The first-order valence-electron chi connectivity index (χ1n) is 8.18. The normalized spacial score (nSPS) is 17.3. The molecule has 2 heterocycles. The van der Waals surface area contributed by atoms with E-state index >= 15 is 0 Å². The Kier molecular flexibility index (Phi) is 7.60. The van der Waals surface area contributed by atoms with Gasteiger partial charge in [-0.25, -0.2) is 13.1 Å². The van der Waals surface area contributed by atoms with Gasteiger partial charge in [-0.3, -0.25) is 4.79 Å². The van der Waals surface area contributed by atoms with Crippen LogP contribution in [0.3, 0.4) is 0 Å². The molecular weight excluding hydrogens is 394 g/mol. The third-order valence-electron chi connectivity index (χ3n) is 4.08. The summed E-state index contributed by atoms with van der Waals surface area (Å²) in [4.78, 5) is 13.4. The maximum absolute atomic E-state index is 12.3. The van der Waals surface area contributed by atoms with Crippen molar-refractivity contribution in [2.45, 2.75) is 30.3 Å². The Balaban J connectivity index is 0.00000243. The van der Waals surface area contributed by atoms with E-state index < -0.39 is 10.0 Å². The number of hydrogen-bond acceptors (Lipinski definition) is 5. The maximum atomic E-state index is 12.3. The molecule has 1 aromatic carbocycles. The van der Waals surface area contributed by atoms with Crippen molar-refractivity contribution in [3.05, 3.63) is 52.2 Å². The van der Waals surface area contributed by atoms with Crippen molar-refractivity contribution >= 4 is 39.7 Å². The van der Waals surface area contributed by atoms with Gasteiger partial charge in [0.25, 0.3) is 5.91 Å². The van der Waals surface area contributed by atoms with E-state index in [1.807, 2.05) is 17.5 Å². The largest absolute Gasteiger partial charge is 0.348 e. The minimum Gasteiger partial charge on any atom is -0.348 e. The zero-order chi connectivity index (χ0) is 17.7. The molecule has 1 saturated heterocycles. The van der Waals surface area contributed by atoms with Gasteiger partial charge in [-0.2, -0.15) is 0 Å². The molecule has 1 fully saturated rings. The van der Waals surface area contributed by atoms with E-state index in [0.29, 0.717) is 5.56 Å². The molecule has 1 atom stereocenters. The lowest BCUT2D eigenvalue weighted by Crippen LogP contribution is -2.45. The number of rotatable bonds is 6. The van der Waals surface area contributed by atoms with Crippen molar-refractivity contribution in [1.29, 1.82) is 0 Å². The van der Waals surface area contributed by atoms with Gasteiger partial charge in [0.1, 0.15) is 0 Å². The Labute approximate surface area is 163 Å². The molecule has 1 amide bonds. The fourth-order valence-electron chi connectivity index (χ4n) is 2.69. The van der Waals surface area contributed by atoms with Gasteiger partial charge in [-0.1, -0.05) is 6.07 Å². The number of halogens is 1. The Bertz CT molecular complexity index is 802. The summed E-state index contributed by atoms with van der Waals surface area (Å²) in [5, 5.41) is 8.12. The van der Waals surface area contributed by atoms with E-state index in [1.54, 1.807) is 12.1 Å². The highest BCUT2D eigenvalue weighted by Gasteiger charge is 2.18. The first kappa shape index (κ1) is 20.9. The average molecular weight is 416 g/mol. The summed E-state index contributed by atoms with van der Waals surface area (Å²) >= 11 is 1.50. The average Bonchev–Trinajstić information content (AvgIpc) is 3.15. The van der Waals surface area contributed by atoms with Crippen LogP contribution in [-0.2, 0) is 16.6 Å². The smallest absolute Gasteiger partial charge is 0.251 e. The molecule has 3 N–H and O–H groups in total. The zero-order valence-electron chi connectivity index (χ0n) is 14.1. The predicted molar refractivity (Wildman–Crippen MR) is 105 cm³/mol. The number of carbonyl (C=O) groups is 1. The maximum Gasteiger partial charge on any atom is 0.251 e. The molecule has 0 bridgehead atoms. The molecule has 9 heteroatoms. The number of piperidine rings is 1. The molecule has 142 valence electrons. The number of nitrogens with one attached hydrogen (secondary N) is 3. The van der Waals surface area contributed by atoms with Crippen LogP contribution in [0.4, 0.5) is 0 Å². The minimum atomic E-state index is -3.59. The Morgan fingerprint density at radius 1 is 1.23 bits per heavy atom. The van der Waals surface area contributed by atoms with E-state index in [9.17, 15) is 13.2 Å². The fraction of sp³-hybridized carbons (Fsp3) is 0.353. The summed E-state index contributed by atoms with van der Waals surface area (Å²) in [6.45, 7) is 2.01. The number of hydrogen-bond donors (Lipinski definition) is 3. The second-order valence-corrected chi connectivity index (χ2v) is 8.74. The molecule has 0 radical (unpaired) electrons. The first-order valence-corrected chi connectivity index (χ1v) is 10.5. The van der Waals surface area contributed by atoms with Crippen molar-refractivity contribution < 1.29 is 13.2 Å². The number of carbonyl (C=O) groups excluding carboxylic acids is 1. The number of amides is 1. The molecular formula is C17H22ClN3O3S2. The predicted octanol–water partition coefficient (Wildman–Crippen LogP) is 2.13. The highest BCUT2D eigenvalue weighted by molar-refractivity contribution is 7.89. The standard InChI is InChI=1S/C17H21N3O3S2.ClH/c21-17(20-14-3-1-9-18-11-14)13-5-7-16(8-6-13)25(22,23)19-12-15-4-2-10-24-15;/h2,4-8,10,14,18-19H,1,3,9,11-12H2,(H,20,21);1H. The van der Waals surface area contributed by atoms with Crippen molar-refractivity contribution in [2.75, 3.05) is 13.1 Å². The van der Waals surface area contributed by atoms with Gasteiger partial charge in [0, 0.05) is 29.6 Å². The van der Waals surface area contributed by atoms with Crippen LogP contribution in [0.2, 0.25) is 0 Å². The Morgan fingerprint density at radius 2 is 2.00 bits per heavy atom. The highest BCUT2D eigenvalue weighted by Crippen LogP contribution is 2.14. The van der Waals surface area contributed by atoms with Gasteiger partial charge in [0.2, 0.25) is 10.0 Å². The van der Waals surface area contributed by atoms with Gasteiger partial charge in [0.05, 0.1) is 4.90 Å². The fourth-order valence-corrected chi connectivity index (χ4v) is 4.43. The summed E-state index contributed by atoms with van der Waals surface area (Å²) in [6.07, 6.45) is 2.00. The summed E-state index contributed by atoms with van der Waals surface area (Å²) < 4.78 is 27.2. The molecule has 26 heavy (non-hydrogen) atoms. The lowest BCUT2D eigenvalue weighted by molar-refractivity contribution is 0.0930. The molecule has 2 aromatic rings. The number of benzene rings is 1. The molecule has 6 nitrogen and oxygen atoms in total. The summed E-state index contributed by atoms with van der Waals surface area (Å²) in [7, 11) is -3.59. The summed E-state index contributed by atoms with van der Waals surface area (Å²) in [5.41, 5.74) is 0.461. The highest BCUT2D eigenvalue weighted by atomic mass is 35.5. The Hall–Kier alpha value is -1.45. The molecule has 0 spiro atoms. The lowest BCUT2D eigenvalue weighted by atomic mass is 10.1. The monoisotopic (exact) mass is 415 g/mol. The Morgan fingerprint density at radius 3 is 2.62 bits per heavy atom. The van der Waals surface area contributed by atoms with Gasteiger partial charge in [-0.05, 0) is 55.1 Å². The third kappa shape index (κ3) is 5.52. The van der Waals surface area contributed by atoms with Crippen LogP contribution < -0.4 is 15.4 Å². The van der Waals surface area contributed by atoms with E-state index in [1.165, 1.54) is 23.5 Å². The van der Waals surface area contributed by atoms with E-state index in [0.717, 1.165) is 30.8 Å². The zero-order valence-corrected chi connectivity index (χ0v) is 16.6. The van der Waals surface area contributed by atoms with Crippen LogP contribution >= 0.6 is 23.7 Å². The molecule has 1 aliphatic heterocycles. The summed E-state index contributed by atoms with van der Waals surface area (Å²) in [6, 6.07) is 9.90. The van der Waals surface area contributed by atoms with E-state index in [-0.39, 0.29) is 35.8 Å². The van der Waals surface area contributed by atoms with Crippen molar-refractivity contribution in [1.82, 2.24) is 15.4 Å². The molecule has 0 aliphatic carbocycles. The van der Waals surface area contributed by atoms with Crippen LogP contribution in [0.15, 0.2) is 46.7 Å². The van der Waals surface area contributed by atoms with Crippen LogP contribution in [0.25, 0.3) is 0 Å². The van der Waals surface area contributed by atoms with Gasteiger partial charge in [-0.15, -0.1) is 23.7 Å². The third-order valence-corrected chi connectivity index (χ3v) is 6.37. The second-order valence-electron chi connectivity index (χ2n) is 5.95. The lowest BCUT2D eigenvalue weighted by Gasteiger charge is -2.23. The van der Waals surface area contributed by atoms with Crippen molar-refractivity contribution in [3.63, 3.8) is 0 Å². The molecule has 1 unspecified atom stereocenters. The molecule has 0 saturated carbocycles. The van der Waals surface area contributed by atoms with Gasteiger partial charge < -0.3 is 10.6 Å². The summed E-state index contributed by atoms with van der Waals surface area (Å²) in [5.74, 6) is -0.177. The second kappa shape index (κ2) is 9.48. The number of thiophene rings is 1. The first-order chi connectivity index (χ1) is 12.0. The van der Waals surface area contributed by atoms with Gasteiger partial charge in [0.15, 0.2) is 0 Å². The SMILES string of the molecule is Cl.O=C(NC1CCCNC1)c1ccc(S(=O)(=O)NCc2cccs2)cc1. The van der Waals surface area contributed by atoms with Crippen molar-refractivity contribution in [3.8, 4) is 0 Å². The molecule has 3 rings (SSSR count). The van der Waals surface area contributed by atoms with Crippen LogP contribution in [-0.4, -0.2) is 33.5 Å². The number of sulfonamides is 1. The van der Waals surface area contributed by atoms with Crippen LogP contribution in [0.5, 0.6) is 0 Å². The van der Waals surface area contributed by atoms with Crippen LogP contribution in [0.1, 0.15) is 28.1 Å².